The summed E-state index contributed by atoms with van der Waals surface area (Å²) in [6, 6.07) is 20.7. The summed E-state index contributed by atoms with van der Waals surface area (Å²) >= 11 is 6.12. The zero-order valence-corrected chi connectivity index (χ0v) is 28.5. The maximum Gasteiger partial charge on any atom is 0.287 e. The van der Waals surface area contributed by atoms with Crippen LogP contribution in [0, 0.1) is 0 Å². The highest BCUT2D eigenvalue weighted by atomic mass is 35.5. The number of hydrogen-bond donors (Lipinski definition) is 1. The lowest BCUT2D eigenvalue weighted by Gasteiger charge is -2.35. The second-order valence-corrected chi connectivity index (χ2v) is 13.3. The van der Waals surface area contributed by atoms with Crippen molar-refractivity contribution >= 4 is 40.3 Å². The van der Waals surface area contributed by atoms with Gasteiger partial charge in [0.25, 0.3) is 5.91 Å². The Balaban J connectivity index is 1.16. The van der Waals surface area contributed by atoms with Crippen LogP contribution in [-0.4, -0.2) is 59.8 Å². The van der Waals surface area contributed by atoms with E-state index in [2.05, 4.69) is 24.4 Å². The van der Waals surface area contributed by atoms with Crippen molar-refractivity contribution in [2.75, 3.05) is 26.2 Å². The Labute approximate surface area is 291 Å². The molecule has 1 aromatic heterocycles. The van der Waals surface area contributed by atoms with Gasteiger partial charge < -0.3 is 24.3 Å². The van der Waals surface area contributed by atoms with E-state index in [0.717, 1.165) is 55.8 Å². The highest BCUT2D eigenvalue weighted by Gasteiger charge is 2.32. The molecule has 0 saturated carbocycles. The van der Waals surface area contributed by atoms with Crippen molar-refractivity contribution in [1.29, 1.82) is 0 Å². The zero-order chi connectivity index (χ0) is 34.3. The standard InChI is InChI=1S/C39H42ClN3O6/c1-2-3-21-48-30-14-15-35-32(23-30)34(44)24-36(49-35)38(46)41-33(22-26-10-12-29(40)13-11-26)39(47)42-19-16-27(17-20-42)31-8-5-4-7-28(31)25-43-18-6-9-37(43)45/h4-5,7-8,10-15,23-24,27,33H,2-3,6,9,16-22,25H2,1H3,(H,41,46)/t33-/m0/s1. The third kappa shape index (κ3) is 8.33. The van der Waals surface area contributed by atoms with Gasteiger partial charge in [-0.05, 0) is 78.6 Å². The van der Waals surface area contributed by atoms with E-state index in [1.807, 2.05) is 29.2 Å². The summed E-state index contributed by atoms with van der Waals surface area (Å²) < 4.78 is 11.6. The molecule has 9 nitrogen and oxygen atoms in total. The number of carbonyl (C=O) groups is 3. The van der Waals surface area contributed by atoms with Gasteiger partial charge in [0.05, 0.1) is 12.0 Å². The summed E-state index contributed by atoms with van der Waals surface area (Å²) in [5, 5.41) is 3.76. The molecule has 1 atom stereocenters. The number of hydrogen-bond acceptors (Lipinski definition) is 6. The number of likely N-dealkylation sites (tertiary alicyclic amines) is 2. The lowest BCUT2D eigenvalue weighted by molar-refractivity contribution is -0.134. The summed E-state index contributed by atoms with van der Waals surface area (Å²) in [4.78, 5) is 56.8. The SMILES string of the molecule is CCCCOc1ccc2oc(C(=O)N[C@@H](Cc3ccc(Cl)cc3)C(=O)N3CCC(c4ccccc4CN4CCCC4=O)CC3)cc(=O)c2c1. The van der Waals surface area contributed by atoms with Crippen molar-refractivity contribution in [3.8, 4) is 5.75 Å². The van der Waals surface area contributed by atoms with Crippen LogP contribution in [0.25, 0.3) is 11.0 Å². The van der Waals surface area contributed by atoms with E-state index in [4.69, 9.17) is 20.8 Å². The smallest absolute Gasteiger partial charge is 0.287 e. The third-order valence-corrected chi connectivity index (χ3v) is 9.73. The van der Waals surface area contributed by atoms with E-state index in [0.29, 0.717) is 48.8 Å². The fourth-order valence-corrected chi connectivity index (χ4v) is 6.87. The average molecular weight is 684 g/mol. The Morgan fingerprint density at radius 3 is 2.51 bits per heavy atom. The Morgan fingerprint density at radius 2 is 1.78 bits per heavy atom. The lowest BCUT2D eigenvalue weighted by atomic mass is 9.86. The van der Waals surface area contributed by atoms with E-state index in [1.165, 1.54) is 5.56 Å². The number of benzene rings is 3. The molecule has 3 aromatic carbocycles. The maximum atomic E-state index is 14.1. The van der Waals surface area contributed by atoms with Gasteiger partial charge in [-0.1, -0.05) is 61.3 Å². The van der Waals surface area contributed by atoms with Gasteiger partial charge in [-0.25, -0.2) is 0 Å². The number of nitrogens with one attached hydrogen (secondary N) is 1. The molecular formula is C39H42ClN3O6. The molecular weight excluding hydrogens is 642 g/mol. The second-order valence-electron chi connectivity index (χ2n) is 12.9. The van der Waals surface area contributed by atoms with Gasteiger partial charge in [0.2, 0.25) is 11.8 Å². The van der Waals surface area contributed by atoms with Crippen LogP contribution < -0.4 is 15.5 Å². The number of carbonyl (C=O) groups excluding carboxylic acids is 3. The van der Waals surface area contributed by atoms with Crippen molar-refractivity contribution in [2.24, 2.45) is 0 Å². The number of nitrogens with zero attached hydrogens (tertiary/aromatic N) is 2. The van der Waals surface area contributed by atoms with Gasteiger partial charge in [-0.3, -0.25) is 19.2 Å². The Bertz CT molecular complexity index is 1870. The number of piperidine rings is 1. The van der Waals surface area contributed by atoms with Crippen LogP contribution in [0.3, 0.4) is 0 Å². The summed E-state index contributed by atoms with van der Waals surface area (Å²) in [6.45, 7) is 5.08. The molecule has 10 heteroatoms. The summed E-state index contributed by atoms with van der Waals surface area (Å²) in [5.74, 6) is 0.00986. The first-order chi connectivity index (χ1) is 23.8. The normalized spacial score (nSPS) is 15.8. The van der Waals surface area contributed by atoms with E-state index in [9.17, 15) is 19.2 Å². The van der Waals surface area contributed by atoms with Crippen LogP contribution in [0.1, 0.15) is 78.6 Å². The second kappa shape index (κ2) is 15.7. The predicted molar refractivity (Wildman–Crippen MR) is 189 cm³/mol. The Hall–Kier alpha value is -4.63. The largest absolute Gasteiger partial charge is 0.494 e. The molecule has 1 N–H and O–H groups in total. The van der Waals surface area contributed by atoms with Gasteiger partial charge in [0, 0.05) is 50.1 Å². The van der Waals surface area contributed by atoms with E-state index in [-0.39, 0.29) is 40.9 Å². The highest BCUT2D eigenvalue weighted by Crippen LogP contribution is 2.32. The summed E-state index contributed by atoms with van der Waals surface area (Å²) in [7, 11) is 0. The van der Waals surface area contributed by atoms with Gasteiger partial charge in [-0.15, -0.1) is 0 Å². The van der Waals surface area contributed by atoms with Crippen LogP contribution >= 0.6 is 11.6 Å². The lowest BCUT2D eigenvalue weighted by Crippen LogP contribution is -2.51. The molecule has 2 fully saturated rings. The molecule has 49 heavy (non-hydrogen) atoms. The van der Waals surface area contributed by atoms with Crippen molar-refractivity contribution in [3.05, 3.63) is 110 Å². The fourth-order valence-electron chi connectivity index (χ4n) is 6.74. The number of amides is 3. The highest BCUT2D eigenvalue weighted by molar-refractivity contribution is 6.30. The predicted octanol–water partition coefficient (Wildman–Crippen LogP) is 6.50. The molecule has 6 rings (SSSR count). The maximum absolute atomic E-state index is 14.1. The van der Waals surface area contributed by atoms with Crippen molar-refractivity contribution < 1.29 is 23.5 Å². The zero-order valence-electron chi connectivity index (χ0n) is 27.8. The first-order valence-electron chi connectivity index (χ1n) is 17.2. The third-order valence-electron chi connectivity index (χ3n) is 9.48. The molecule has 0 radical (unpaired) electrons. The van der Waals surface area contributed by atoms with Crippen molar-refractivity contribution in [3.63, 3.8) is 0 Å². The number of ether oxygens (including phenoxy) is 1. The quantitative estimate of drug-likeness (QED) is 0.171. The molecule has 256 valence electrons. The fraction of sp³-hybridized carbons (Fsp3) is 0.385. The first kappa shape index (κ1) is 34.2. The molecule has 2 saturated heterocycles. The van der Waals surface area contributed by atoms with Crippen LogP contribution in [0.4, 0.5) is 0 Å². The Morgan fingerprint density at radius 1 is 1.00 bits per heavy atom. The average Bonchev–Trinajstić information content (AvgIpc) is 3.52. The topological polar surface area (TPSA) is 109 Å². The molecule has 0 spiro atoms. The van der Waals surface area contributed by atoms with Gasteiger partial charge in [0.15, 0.2) is 11.2 Å². The van der Waals surface area contributed by atoms with E-state index >= 15 is 0 Å². The van der Waals surface area contributed by atoms with Crippen LogP contribution in [-0.2, 0) is 22.6 Å². The molecule has 0 bridgehead atoms. The molecule has 2 aliphatic rings. The molecule has 3 amide bonds. The summed E-state index contributed by atoms with van der Waals surface area (Å²) in [6.07, 6.45) is 5.17. The summed E-state index contributed by atoms with van der Waals surface area (Å²) in [5.41, 5.74) is 3.11. The van der Waals surface area contributed by atoms with Crippen LogP contribution in [0.15, 0.2) is 82.0 Å². The monoisotopic (exact) mass is 683 g/mol. The minimum Gasteiger partial charge on any atom is -0.494 e. The molecule has 2 aliphatic heterocycles. The van der Waals surface area contributed by atoms with Crippen LogP contribution in [0.2, 0.25) is 5.02 Å². The minimum atomic E-state index is -0.894. The Kier molecular flexibility index (Phi) is 11.0. The molecule has 0 aliphatic carbocycles. The van der Waals surface area contributed by atoms with Gasteiger partial charge >= 0.3 is 0 Å². The molecule has 0 unspecified atom stereocenters. The minimum absolute atomic E-state index is 0.169. The van der Waals surface area contributed by atoms with Crippen molar-refractivity contribution in [2.45, 2.75) is 70.4 Å². The number of halogens is 1. The van der Waals surface area contributed by atoms with Crippen LogP contribution in [0.5, 0.6) is 5.75 Å². The van der Waals surface area contributed by atoms with E-state index in [1.54, 1.807) is 35.2 Å². The first-order valence-corrected chi connectivity index (χ1v) is 17.6. The van der Waals surface area contributed by atoms with E-state index < -0.39 is 11.9 Å². The van der Waals surface area contributed by atoms with Gasteiger partial charge in [-0.2, -0.15) is 0 Å². The molecule has 3 heterocycles. The number of rotatable bonds is 12. The molecule has 4 aromatic rings. The van der Waals surface area contributed by atoms with Crippen molar-refractivity contribution in [1.82, 2.24) is 15.1 Å². The number of fused-ring (bicyclic) bond motifs is 1. The van der Waals surface area contributed by atoms with Gasteiger partial charge in [0.1, 0.15) is 17.4 Å². The number of unbranched alkanes of at least 4 members (excludes halogenated alkanes) is 1.